The van der Waals surface area contributed by atoms with E-state index in [0.29, 0.717) is 0 Å². The van der Waals surface area contributed by atoms with E-state index in [0.717, 1.165) is 0 Å². The summed E-state index contributed by atoms with van der Waals surface area (Å²) in [5.74, 6) is 0. The van der Waals surface area contributed by atoms with Gasteiger partial charge < -0.3 is 6.15 Å². The van der Waals surface area contributed by atoms with Gasteiger partial charge in [-0.1, -0.05) is 0 Å². The van der Waals surface area contributed by atoms with Crippen LogP contribution < -0.4 is 6.15 Å². The van der Waals surface area contributed by atoms with Crippen molar-refractivity contribution >= 4 is 47.5 Å². The molecule has 0 heterocycles. The molecule has 0 saturated heterocycles. The van der Waals surface area contributed by atoms with Gasteiger partial charge in [0.15, 0.2) is 0 Å². The minimum absolute atomic E-state index is 0. The summed E-state index contributed by atoms with van der Waals surface area (Å²) in [4.78, 5) is 0. The van der Waals surface area contributed by atoms with Crippen LogP contribution in [0.15, 0.2) is 0 Å². The second kappa shape index (κ2) is 5.31. The zero-order valence-corrected chi connectivity index (χ0v) is 10.7. The third-order valence-electron chi connectivity index (χ3n) is 0. The van der Waals surface area contributed by atoms with Gasteiger partial charge in [0.25, 0.3) is 9.05 Å². The summed E-state index contributed by atoms with van der Waals surface area (Å²) in [6.07, 6.45) is 0. The Morgan fingerprint density at radius 2 is 1.43 bits per heavy atom. The molecule has 0 unspecified atom stereocenters. The standard InChI is InChI=1S/H3N.H2O3S2.Pb.2H/c;1-5(2,3)4;;;/h1H3;(H2,1,2,3,4);;;. The van der Waals surface area contributed by atoms with Crippen molar-refractivity contribution in [1.82, 2.24) is 6.15 Å². The van der Waals surface area contributed by atoms with Gasteiger partial charge in [-0.05, 0) is 0 Å². The molecule has 0 aromatic rings. The Morgan fingerprint density at radius 1 is 1.43 bits per heavy atom. The van der Waals surface area contributed by atoms with Crippen molar-refractivity contribution in [1.29, 1.82) is 0 Å². The van der Waals surface area contributed by atoms with Crippen LogP contribution >= 0.6 is 0 Å². The van der Waals surface area contributed by atoms with Crippen molar-refractivity contribution in [3.05, 3.63) is 0 Å². The maximum atomic E-state index is 9.11. The summed E-state index contributed by atoms with van der Waals surface area (Å²) < 4.78 is 24.0. The summed E-state index contributed by atoms with van der Waals surface area (Å²) in [7, 11) is -3.83. The van der Waals surface area contributed by atoms with E-state index in [1.54, 1.807) is 0 Å². The summed E-state index contributed by atoms with van der Waals surface area (Å²) in [6.45, 7) is 0. The summed E-state index contributed by atoms with van der Waals surface area (Å²) in [6, 6.07) is 0. The number of hydrogen-bond donors (Lipinski definition) is 3. The van der Waals surface area contributed by atoms with Crippen LogP contribution in [-0.2, 0) is 20.2 Å². The molecule has 2 radical (unpaired) electrons. The van der Waals surface area contributed by atoms with Gasteiger partial charge in [-0.15, -0.1) is 0 Å². The second-order valence-corrected chi connectivity index (χ2v) is 2.65. The second-order valence-electron chi connectivity index (χ2n) is 0.448. The van der Waals surface area contributed by atoms with E-state index in [1.807, 2.05) is 0 Å². The number of rotatable bonds is 0. The fraction of sp³-hybridized carbons (Fsp3) is 0. The van der Waals surface area contributed by atoms with Crippen LogP contribution in [0.4, 0.5) is 0 Å². The van der Waals surface area contributed by atoms with Gasteiger partial charge in [0, 0.05) is 11.2 Å². The molecule has 0 rings (SSSR count). The average molecular weight is 340 g/mol. The molecule has 0 aromatic heterocycles. The van der Waals surface area contributed by atoms with E-state index >= 15 is 0 Å². The molecule has 0 aromatic carbocycles. The molecule has 46 valence electrons. The summed E-state index contributed by atoms with van der Waals surface area (Å²) in [5.41, 5.74) is 0. The summed E-state index contributed by atoms with van der Waals surface area (Å²) >= 11 is 3.47. The van der Waals surface area contributed by atoms with Gasteiger partial charge in [-0.2, -0.15) is 4.21 Å². The van der Waals surface area contributed by atoms with E-state index in [4.69, 9.17) is 13.3 Å². The first kappa shape index (κ1) is 15.7. The van der Waals surface area contributed by atoms with E-state index in [-0.39, 0.29) is 33.4 Å². The molecule has 5 N–H and O–H groups in total. The predicted octanol–water partition coefficient (Wildman–Crippen LogP) is -1.08. The first-order valence-corrected chi connectivity index (χ1v) is 3.10. The first-order chi connectivity index (χ1) is 2.00. The van der Waals surface area contributed by atoms with Gasteiger partial charge in [-0.3, -0.25) is 9.11 Å². The molecule has 0 aliphatic rings. The molecule has 0 amide bonds. The third kappa shape index (κ3) is 140. The van der Waals surface area contributed by atoms with Gasteiger partial charge >= 0.3 is 27.3 Å². The molecule has 0 aliphatic heterocycles. The van der Waals surface area contributed by atoms with Gasteiger partial charge in [0.1, 0.15) is 0 Å². The molecule has 7 heteroatoms. The molecule has 0 bridgehead atoms. The van der Waals surface area contributed by atoms with Crippen LogP contribution in [0.1, 0.15) is 0 Å². The van der Waals surface area contributed by atoms with Crippen LogP contribution in [0.2, 0.25) is 0 Å². The van der Waals surface area contributed by atoms with Crippen molar-refractivity contribution in [2.45, 2.75) is 0 Å². The fourth-order valence-corrected chi connectivity index (χ4v) is 0. The minimum atomic E-state index is -3.83. The normalized spacial score (nSPS) is 8.29. The van der Waals surface area contributed by atoms with Crippen LogP contribution in [0.3, 0.4) is 0 Å². The van der Waals surface area contributed by atoms with E-state index < -0.39 is 9.05 Å². The fourth-order valence-electron chi connectivity index (χ4n) is 0. The van der Waals surface area contributed by atoms with E-state index in [1.165, 1.54) is 0 Å². The quantitative estimate of drug-likeness (QED) is 0.488. The van der Waals surface area contributed by atoms with Crippen molar-refractivity contribution < 1.29 is 13.3 Å². The molecule has 0 saturated carbocycles. The zero-order chi connectivity index (χ0) is 4.50. The third-order valence-corrected chi connectivity index (χ3v) is 0. The molecular formula is H7NO3PbS2. The SMILES string of the molecule is N.O=S(O)(O)=S.[PbH2]. The Hall–Kier alpha value is 1.17. The summed E-state index contributed by atoms with van der Waals surface area (Å²) in [5, 5.41) is 0. The van der Waals surface area contributed by atoms with Gasteiger partial charge in [0.05, 0.1) is 0 Å². The van der Waals surface area contributed by atoms with Crippen molar-refractivity contribution in [3.8, 4) is 0 Å². The molecule has 0 spiro atoms. The zero-order valence-electron chi connectivity index (χ0n) is 3.53. The number of hydrogen-bond acceptors (Lipinski definition) is 3. The molecule has 0 atom stereocenters. The van der Waals surface area contributed by atoms with Crippen LogP contribution in [0, 0.1) is 0 Å². The van der Waals surface area contributed by atoms with E-state index in [9.17, 15) is 0 Å². The monoisotopic (exact) mass is 341 g/mol. The van der Waals surface area contributed by atoms with Crippen LogP contribution in [-0.4, -0.2) is 40.6 Å². The topological polar surface area (TPSA) is 92.5 Å². The molecule has 4 nitrogen and oxygen atoms in total. The predicted molar refractivity (Wildman–Crippen MR) is 34.3 cm³/mol. The van der Waals surface area contributed by atoms with Crippen LogP contribution in [0.5, 0.6) is 0 Å². The van der Waals surface area contributed by atoms with E-state index in [2.05, 4.69) is 11.2 Å². The Kier molecular flexibility index (Phi) is 11.9. The molecule has 7 heavy (non-hydrogen) atoms. The first-order valence-electron chi connectivity index (χ1n) is 0.698. The van der Waals surface area contributed by atoms with Crippen molar-refractivity contribution in [3.63, 3.8) is 0 Å². The Bertz CT molecular complexity index is 96.1. The Labute approximate surface area is 66.8 Å². The van der Waals surface area contributed by atoms with Crippen molar-refractivity contribution in [2.75, 3.05) is 0 Å². The Balaban J connectivity index is -0.0000000800. The maximum absolute atomic E-state index is 9.11. The molecule has 0 aliphatic carbocycles. The van der Waals surface area contributed by atoms with Gasteiger partial charge in [0.2, 0.25) is 0 Å². The van der Waals surface area contributed by atoms with Gasteiger partial charge in [-0.25, -0.2) is 0 Å². The van der Waals surface area contributed by atoms with Crippen LogP contribution in [0.25, 0.3) is 0 Å². The van der Waals surface area contributed by atoms with Crippen molar-refractivity contribution in [2.24, 2.45) is 0 Å². The average Bonchev–Trinajstić information content (AvgIpc) is 0.722. The molecule has 0 fully saturated rings. The molecular weight excluding hydrogens is 333 g/mol. The Morgan fingerprint density at radius 3 is 1.43 bits per heavy atom.